The molecule has 1 aliphatic heterocycles. The van der Waals surface area contributed by atoms with Gasteiger partial charge in [-0.25, -0.2) is 9.97 Å². The Morgan fingerprint density at radius 2 is 2.09 bits per heavy atom. The number of ether oxygens (including phenoxy) is 1. The lowest BCUT2D eigenvalue weighted by Gasteiger charge is -2.35. The highest BCUT2D eigenvalue weighted by Gasteiger charge is 2.32. The van der Waals surface area contributed by atoms with Crippen LogP contribution in [0, 0.1) is 0 Å². The first-order chi connectivity index (χ1) is 16.5. The third-order valence-corrected chi connectivity index (χ3v) is 7.64. The molecule has 34 heavy (non-hydrogen) atoms. The molecule has 2 aromatic heterocycles. The maximum Gasteiger partial charge on any atom is 0.313 e. The molecule has 1 aromatic carbocycles. The van der Waals surface area contributed by atoms with Gasteiger partial charge in [0.1, 0.15) is 5.82 Å². The van der Waals surface area contributed by atoms with Gasteiger partial charge in [0.05, 0.1) is 39.8 Å². The Balaban J connectivity index is 1.33. The summed E-state index contributed by atoms with van der Waals surface area (Å²) >= 11 is 1.66. The van der Waals surface area contributed by atoms with Gasteiger partial charge >= 0.3 is 11.8 Å². The van der Waals surface area contributed by atoms with E-state index in [-0.39, 0.29) is 6.04 Å². The molecule has 1 aliphatic carbocycles. The number of nitrogens with one attached hydrogen (secondary N) is 1. The van der Waals surface area contributed by atoms with Crippen LogP contribution in [0.25, 0.3) is 10.2 Å². The Hall–Kier alpha value is -3.04. The minimum absolute atomic E-state index is 0.146. The van der Waals surface area contributed by atoms with Crippen LogP contribution >= 0.6 is 11.3 Å². The van der Waals surface area contributed by atoms with Crippen molar-refractivity contribution < 1.29 is 14.3 Å². The summed E-state index contributed by atoms with van der Waals surface area (Å²) in [5, 5.41) is 3.78. The van der Waals surface area contributed by atoms with Crippen molar-refractivity contribution in [2.45, 2.75) is 50.5 Å². The topological polar surface area (TPSA) is 110 Å². The number of amides is 2. The molecular formula is C25H29N5O3S. The molecule has 0 radical (unpaired) electrons. The Kier molecular flexibility index (Phi) is 6.47. The fraction of sp³-hybridized carbons (Fsp3) is 0.440. The highest BCUT2D eigenvalue weighted by atomic mass is 32.1. The van der Waals surface area contributed by atoms with E-state index in [0.717, 1.165) is 64.9 Å². The minimum atomic E-state index is -0.642. The number of nitrogens with zero attached hydrogens (tertiary/aromatic N) is 3. The van der Waals surface area contributed by atoms with Gasteiger partial charge in [-0.05, 0) is 67.3 Å². The molecule has 1 atom stereocenters. The Morgan fingerprint density at radius 3 is 2.88 bits per heavy atom. The number of carbonyl (C=O) groups excluding carboxylic acids is 2. The Bertz CT molecular complexity index is 1220. The van der Waals surface area contributed by atoms with Gasteiger partial charge in [-0.3, -0.25) is 9.59 Å². The van der Waals surface area contributed by atoms with Gasteiger partial charge in [0.2, 0.25) is 0 Å². The van der Waals surface area contributed by atoms with E-state index in [1.54, 1.807) is 23.3 Å². The third kappa shape index (κ3) is 4.76. The van der Waals surface area contributed by atoms with E-state index in [4.69, 9.17) is 15.5 Å². The van der Waals surface area contributed by atoms with Gasteiger partial charge in [-0.2, -0.15) is 0 Å². The number of rotatable bonds is 6. The summed E-state index contributed by atoms with van der Waals surface area (Å²) in [6.45, 7) is 1.19. The van der Waals surface area contributed by atoms with Crippen molar-refractivity contribution in [3.05, 3.63) is 46.6 Å². The quantitative estimate of drug-likeness (QED) is 0.517. The molecule has 0 bridgehead atoms. The first-order valence-corrected chi connectivity index (χ1v) is 12.6. The molecule has 2 aliphatic rings. The number of pyridine rings is 1. The predicted molar refractivity (Wildman–Crippen MR) is 133 cm³/mol. The van der Waals surface area contributed by atoms with Crippen LogP contribution in [-0.2, 0) is 20.7 Å². The standard InChI is InChI=1S/C25H29N5O3S/c1-33-11-9-22-29-19-12-16(7-8-21(19)34-22)20-4-2-3-10-30(20)25(32)24(31)28-17-13-18(15-5-6-15)23(26)27-14-17/h7-8,12-15,20H,2-6,9-11H2,1H3,(H2,26,27)(H,28,31)/t20-/m0/s1. The highest BCUT2D eigenvalue weighted by Crippen LogP contribution is 2.43. The van der Waals surface area contributed by atoms with Crippen molar-refractivity contribution in [3.63, 3.8) is 0 Å². The van der Waals surface area contributed by atoms with Gasteiger partial charge in [-0.1, -0.05) is 6.07 Å². The smallest absolute Gasteiger partial charge is 0.313 e. The minimum Gasteiger partial charge on any atom is -0.384 e. The van der Waals surface area contributed by atoms with Crippen molar-refractivity contribution in [1.82, 2.24) is 14.9 Å². The zero-order valence-corrected chi connectivity index (χ0v) is 20.1. The third-order valence-electron chi connectivity index (χ3n) is 6.54. The van der Waals surface area contributed by atoms with Crippen LogP contribution in [0.2, 0.25) is 0 Å². The maximum atomic E-state index is 13.2. The van der Waals surface area contributed by atoms with Gasteiger partial charge in [0.25, 0.3) is 0 Å². The van der Waals surface area contributed by atoms with E-state index in [9.17, 15) is 9.59 Å². The van der Waals surface area contributed by atoms with E-state index >= 15 is 0 Å². The molecule has 2 fully saturated rings. The summed E-state index contributed by atoms with van der Waals surface area (Å²) < 4.78 is 6.28. The number of carbonyl (C=O) groups is 2. The van der Waals surface area contributed by atoms with Crippen LogP contribution in [0.15, 0.2) is 30.5 Å². The number of piperidine rings is 1. The molecule has 5 rings (SSSR count). The average Bonchev–Trinajstić information content (AvgIpc) is 3.62. The molecule has 3 heterocycles. The summed E-state index contributed by atoms with van der Waals surface area (Å²) in [4.78, 5) is 36.8. The molecular weight excluding hydrogens is 450 g/mol. The monoisotopic (exact) mass is 479 g/mol. The van der Waals surface area contributed by atoms with E-state index < -0.39 is 11.8 Å². The van der Waals surface area contributed by atoms with Crippen molar-refractivity contribution in [2.75, 3.05) is 31.3 Å². The second-order valence-corrected chi connectivity index (χ2v) is 10.1. The molecule has 2 amide bonds. The number of likely N-dealkylation sites (tertiary alicyclic amines) is 1. The lowest BCUT2D eigenvalue weighted by Crippen LogP contribution is -2.44. The Morgan fingerprint density at radius 1 is 1.24 bits per heavy atom. The molecule has 1 saturated carbocycles. The number of nitrogens with two attached hydrogens (primary N) is 1. The zero-order valence-electron chi connectivity index (χ0n) is 19.3. The summed E-state index contributed by atoms with van der Waals surface area (Å²) in [5.74, 6) is -0.265. The molecule has 178 valence electrons. The second kappa shape index (κ2) is 9.68. The molecule has 1 saturated heterocycles. The number of hydrogen-bond donors (Lipinski definition) is 2. The van der Waals surface area contributed by atoms with Gasteiger partial charge in [-0.15, -0.1) is 11.3 Å². The van der Waals surface area contributed by atoms with Gasteiger partial charge in [0, 0.05) is 20.1 Å². The average molecular weight is 480 g/mol. The lowest BCUT2D eigenvalue weighted by molar-refractivity contribution is -0.145. The number of methoxy groups -OCH3 is 1. The SMILES string of the molecule is COCCc1nc2cc([C@@H]3CCCCN3C(=O)C(=O)Nc3cnc(N)c(C4CC4)c3)ccc2s1. The molecule has 9 heteroatoms. The number of benzene rings is 1. The molecule has 3 aromatic rings. The predicted octanol–water partition coefficient (Wildman–Crippen LogP) is 4.03. The lowest BCUT2D eigenvalue weighted by atomic mass is 9.95. The van der Waals surface area contributed by atoms with Crippen LogP contribution in [0.3, 0.4) is 0 Å². The van der Waals surface area contributed by atoms with Gasteiger partial charge in [0.15, 0.2) is 0 Å². The molecule has 0 unspecified atom stereocenters. The van der Waals surface area contributed by atoms with Crippen LogP contribution in [0.1, 0.15) is 60.2 Å². The zero-order chi connectivity index (χ0) is 23.7. The molecule has 0 spiro atoms. The summed E-state index contributed by atoms with van der Waals surface area (Å²) in [6, 6.07) is 7.88. The van der Waals surface area contributed by atoms with Crippen LogP contribution in [0.4, 0.5) is 11.5 Å². The van der Waals surface area contributed by atoms with E-state index in [0.29, 0.717) is 30.6 Å². The van der Waals surface area contributed by atoms with Crippen LogP contribution < -0.4 is 11.1 Å². The van der Waals surface area contributed by atoms with E-state index in [1.807, 2.05) is 6.07 Å². The van der Waals surface area contributed by atoms with Crippen LogP contribution in [0.5, 0.6) is 0 Å². The Labute approximate surface area is 202 Å². The van der Waals surface area contributed by atoms with Crippen molar-refractivity contribution >= 4 is 44.9 Å². The first-order valence-electron chi connectivity index (χ1n) is 11.8. The normalized spacial score (nSPS) is 18.3. The van der Waals surface area contributed by atoms with Crippen molar-refractivity contribution in [3.8, 4) is 0 Å². The number of nitrogen functional groups attached to an aromatic ring is 1. The maximum absolute atomic E-state index is 13.2. The number of hydrogen-bond acceptors (Lipinski definition) is 7. The van der Waals surface area contributed by atoms with E-state index in [2.05, 4.69) is 28.5 Å². The number of fused-ring (bicyclic) bond motifs is 1. The fourth-order valence-corrected chi connectivity index (χ4v) is 5.54. The summed E-state index contributed by atoms with van der Waals surface area (Å²) in [5.41, 5.74) is 9.38. The molecule has 3 N–H and O–H groups in total. The molecule has 8 nitrogen and oxygen atoms in total. The highest BCUT2D eigenvalue weighted by molar-refractivity contribution is 7.18. The van der Waals surface area contributed by atoms with Gasteiger partial charge < -0.3 is 20.7 Å². The van der Waals surface area contributed by atoms with Crippen molar-refractivity contribution in [2.24, 2.45) is 0 Å². The number of thiazole rings is 1. The van der Waals surface area contributed by atoms with E-state index in [1.165, 1.54) is 6.20 Å². The van der Waals surface area contributed by atoms with Crippen molar-refractivity contribution in [1.29, 1.82) is 0 Å². The van der Waals surface area contributed by atoms with Crippen LogP contribution in [-0.4, -0.2) is 46.9 Å². The number of anilines is 2. The summed E-state index contributed by atoms with van der Waals surface area (Å²) in [7, 11) is 1.69. The largest absolute Gasteiger partial charge is 0.384 e. The summed E-state index contributed by atoms with van der Waals surface area (Å²) in [6.07, 6.45) is 7.16. The first kappa shape index (κ1) is 22.7. The number of aromatic nitrogens is 2. The fourth-order valence-electron chi connectivity index (χ4n) is 4.61. The second-order valence-electron chi connectivity index (χ2n) is 9.01.